The highest BCUT2D eigenvalue weighted by Gasteiger charge is 2.18. The van der Waals surface area contributed by atoms with Crippen molar-refractivity contribution in [3.63, 3.8) is 0 Å². The molecule has 0 aliphatic carbocycles. The number of hydrogen-bond acceptors (Lipinski definition) is 3. The van der Waals surface area contributed by atoms with Crippen molar-refractivity contribution < 1.29 is 9.13 Å². The van der Waals surface area contributed by atoms with Crippen LogP contribution in [-0.2, 0) is 6.42 Å². The Morgan fingerprint density at radius 1 is 0.818 bits per heavy atom. The quantitative estimate of drug-likeness (QED) is 0.170. The van der Waals surface area contributed by atoms with E-state index >= 15 is 0 Å². The topological polar surface area (TPSA) is 35.0 Å². The molecule has 0 aliphatic rings. The van der Waals surface area contributed by atoms with Gasteiger partial charge < -0.3 is 4.74 Å². The van der Waals surface area contributed by atoms with E-state index in [4.69, 9.17) is 4.74 Å². The van der Waals surface area contributed by atoms with Crippen molar-refractivity contribution in [1.82, 2.24) is 9.97 Å². The van der Waals surface area contributed by atoms with Crippen LogP contribution in [0.5, 0.6) is 5.75 Å². The van der Waals surface area contributed by atoms with Crippen LogP contribution in [0.15, 0.2) is 30.5 Å². The fourth-order valence-electron chi connectivity index (χ4n) is 4.17. The van der Waals surface area contributed by atoms with Crippen LogP contribution in [-0.4, -0.2) is 24.6 Å². The molecular weight excluding hydrogens is 427 g/mol. The van der Waals surface area contributed by atoms with Crippen molar-refractivity contribution in [2.24, 2.45) is 0 Å². The first-order valence-electron chi connectivity index (χ1n) is 13.2. The molecule has 2 rings (SSSR count). The maximum atomic E-state index is 14.4. The number of unbranched alkanes of at least 4 members (excludes halogenated alkanes) is 7. The van der Waals surface area contributed by atoms with E-state index in [9.17, 15) is 4.39 Å². The average molecular weight is 473 g/mol. The van der Waals surface area contributed by atoms with Gasteiger partial charge in [-0.15, -0.1) is 0 Å². The summed E-state index contributed by atoms with van der Waals surface area (Å²) in [6, 6.07) is 10.6. The van der Waals surface area contributed by atoms with Gasteiger partial charge in [-0.2, -0.15) is 4.39 Å². The highest BCUT2D eigenvalue weighted by molar-refractivity contribution is 6.77. The molecule has 2 aromatic rings. The molecule has 0 spiro atoms. The molecule has 184 valence electrons. The first kappa shape index (κ1) is 27.5. The number of aromatic nitrogens is 2. The van der Waals surface area contributed by atoms with Crippen molar-refractivity contribution in [2.45, 2.75) is 110 Å². The molecule has 0 N–H and O–H groups in total. The molecule has 0 amide bonds. The molecule has 0 aliphatic heterocycles. The summed E-state index contributed by atoms with van der Waals surface area (Å²) in [7, 11) is -1.02. The number of halogens is 1. The molecule has 3 nitrogen and oxygen atoms in total. The van der Waals surface area contributed by atoms with Crippen LogP contribution in [0.2, 0.25) is 25.2 Å². The van der Waals surface area contributed by atoms with Crippen LogP contribution >= 0.6 is 0 Å². The zero-order chi connectivity index (χ0) is 23.9. The van der Waals surface area contributed by atoms with Gasteiger partial charge in [-0.3, -0.25) is 4.98 Å². The molecule has 1 heterocycles. The molecule has 5 heteroatoms. The van der Waals surface area contributed by atoms with Crippen molar-refractivity contribution in [3.8, 4) is 17.0 Å². The molecule has 0 unspecified atom stereocenters. The van der Waals surface area contributed by atoms with Gasteiger partial charge in [-0.05, 0) is 43.5 Å². The summed E-state index contributed by atoms with van der Waals surface area (Å²) in [5.41, 5.74) is 1.92. The Bertz CT molecular complexity index is 795. The van der Waals surface area contributed by atoms with Crippen LogP contribution in [0.3, 0.4) is 0 Å². The van der Waals surface area contributed by atoms with E-state index in [-0.39, 0.29) is 0 Å². The van der Waals surface area contributed by atoms with Crippen LogP contribution < -0.4 is 4.74 Å². The SMILES string of the molecule is CCCCCCCCc1ncc(-c2ccc(OCCCC[Si](C)(C)CCCC)cc2)nc1F. The third-order valence-corrected chi connectivity index (χ3v) is 9.85. The summed E-state index contributed by atoms with van der Waals surface area (Å²) < 4.78 is 20.4. The Kier molecular flexibility index (Phi) is 12.7. The van der Waals surface area contributed by atoms with E-state index in [0.29, 0.717) is 17.8 Å². The maximum absolute atomic E-state index is 14.4. The fourth-order valence-corrected chi connectivity index (χ4v) is 6.94. The minimum atomic E-state index is -1.02. The summed E-state index contributed by atoms with van der Waals surface area (Å²) in [5.74, 6) is 0.418. The number of benzene rings is 1. The number of aryl methyl sites for hydroxylation is 1. The van der Waals surface area contributed by atoms with Crippen LogP contribution in [0, 0.1) is 5.95 Å². The number of hydrogen-bond donors (Lipinski definition) is 0. The van der Waals surface area contributed by atoms with Gasteiger partial charge >= 0.3 is 0 Å². The van der Waals surface area contributed by atoms with Gasteiger partial charge in [-0.1, -0.05) is 90.4 Å². The smallest absolute Gasteiger partial charge is 0.235 e. The number of rotatable bonds is 17. The largest absolute Gasteiger partial charge is 0.494 e. The molecule has 0 saturated carbocycles. The average Bonchev–Trinajstić information content (AvgIpc) is 2.81. The standard InChI is InChI=1S/C28H45FN2OSi/c1-5-7-9-10-11-12-15-26-28(29)31-27(23-30-26)24-16-18-25(19-17-24)32-20-13-14-22-33(3,4)21-8-6-2/h16-19,23H,5-15,20-22H2,1-4H3. The first-order chi connectivity index (χ1) is 15.9. The van der Waals surface area contributed by atoms with Gasteiger partial charge in [0.1, 0.15) is 5.75 Å². The molecule has 0 fully saturated rings. The molecule has 0 radical (unpaired) electrons. The highest BCUT2D eigenvalue weighted by atomic mass is 28.3. The van der Waals surface area contributed by atoms with Gasteiger partial charge in [0.2, 0.25) is 5.95 Å². The van der Waals surface area contributed by atoms with E-state index in [1.165, 1.54) is 57.0 Å². The van der Waals surface area contributed by atoms with E-state index in [0.717, 1.165) is 37.2 Å². The van der Waals surface area contributed by atoms with Gasteiger partial charge in [-0.25, -0.2) is 4.98 Å². The fraction of sp³-hybridized carbons (Fsp3) is 0.643. The minimum absolute atomic E-state index is 0.438. The molecule has 1 aromatic heterocycles. The third-order valence-electron chi connectivity index (χ3n) is 6.44. The third kappa shape index (κ3) is 10.8. The monoisotopic (exact) mass is 472 g/mol. The Morgan fingerprint density at radius 2 is 1.48 bits per heavy atom. The van der Waals surface area contributed by atoms with Gasteiger partial charge in [0.15, 0.2) is 0 Å². The second kappa shape index (κ2) is 15.2. The molecule has 0 atom stereocenters. The van der Waals surface area contributed by atoms with E-state index in [2.05, 4.69) is 36.9 Å². The van der Waals surface area contributed by atoms with Gasteiger partial charge in [0.25, 0.3) is 0 Å². The van der Waals surface area contributed by atoms with Gasteiger partial charge in [0.05, 0.1) is 24.2 Å². The lowest BCUT2D eigenvalue weighted by molar-refractivity contribution is 0.309. The van der Waals surface area contributed by atoms with Crippen LogP contribution in [0.25, 0.3) is 11.3 Å². The Labute approximate surface area is 202 Å². The zero-order valence-electron chi connectivity index (χ0n) is 21.5. The predicted molar refractivity (Wildman–Crippen MR) is 141 cm³/mol. The normalized spacial score (nSPS) is 11.7. The van der Waals surface area contributed by atoms with Crippen molar-refractivity contribution in [1.29, 1.82) is 0 Å². The Morgan fingerprint density at radius 3 is 2.18 bits per heavy atom. The summed E-state index contributed by atoms with van der Waals surface area (Å²) >= 11 is 0. The van der Waals surface area contributed by atoms with Crippen LogP contribution in [0.1, 0.15) is 83.7 Å². The molecule has 0 bridgehead atoms. The Hall–Kier alpha value is -1.75. The molecule has 33 heavy (non-hydrogen) atoms. The van der Waals surface area contributed by atoms with Gasteiger partial charge in [0, 0.05) is 13.6 Å². The zero-order valence-corrected chi connectivity index (χ0v) is 22.5. The molecular formula is C28H45FN2OSi. The highest BCUT2D eigenvalue weighted by Crippen LogP contribution is 2.23. The number of ether oxygens (including phenoxy) is 1. The lowest BCUT2D eigenvalue weighted by Crippen LogP contribution is -2.24. The van der Waals surface area contributed by atoms with Crippen molar-refractivity contribution in [3.05, 3.63) is 42.1 Å². The lowest BCUT2D eigenvalue weighted by Gasteiger charge is -2.21. The summed E-state index contributed by atoms with van der Waals surface area (Å²) in [5, 5.41) is 0. The van der Waals surface area contributed by atoms with E-state index in [1.807, 2.05) is 24.3 Å². The second-order valence-corrected chi connectivity index (χ2v) is 15.4. The second-order valence-electron chi connectivity index (χ2n) is 10.1. The summed E-state index contributed by atoms with van der Waals surface area (Å²) in [4.78, 5) is 8.52. The number of nitrogens with zero attached hydrogens (tertiary/aromatic N) is 2. The van der Waals surface area contributed by atoms with Crippen LogP contribution in [0.4, 0.5) is 4.39 Å². The summed E-state index contributed by atoms with van der Waals surface area (Å²) in [6.07, 6.45) is 14.5. The minimum Gasteiger partial charge on any atom is -0.494 e. The van der Waals surface area contributed by atoms with Crippen molar-refractivity contribution in [2.75, 3.05) is 6.61 Å². The predicted octanol–water partition coefficient (Wildman–Crippen LogP) is 8.85. The van der Waals surface area contributed by atoms with E-state index < -0.39 is 14.0 Å². The first-order valence-corrected chi connectivity index (χ1v) is 16.6. The van der Waals surface area contributed by atoms with E-state index in [1.54, 1.807) is 6.20 Å². The summed E-state index contributed by atoms with van der Waals surface area (Å²) in [6.45, 7) is 10.3. The lowest BCUT2D eigenvalue weighted by atomic mass is 10.1. The molecule has 0 saturated heterocycles. The molecule has 1 aromatic carbocycles. The maximum Gasteiger partial charge on any atom is 0.235 e. The van der Waals surface area contributed by atoms with Crippen molar-refractivity contribution >= 4 is 8.07 Å². The Balaban J connectivity index is 1.75.